The lowest BCUT2D eigenvalue weighted by Gasteiger charge is -2.26. The summed E-state index contributed by atoms with van der Waals surface area (Å²) in [5.41, 5.74) is 5.64. The first-order chi connectivity index (χ1) is 9.42. The number of rotatable bonds is 4. The topological polar surface area (TPSA) is 37.4 Å². The van der Waals surface area contributed by atoms with Gasteiger partial charge in [-0.05, 0) is 0 Å². The largest absolute Gasteiger partial charge is 0.379 e. The van der Waals surface area contributed by atoms with Gasteiger partial charge in [0.25, 0.3) is 0 Å². The van der Waals surface area contributed by atoms with Gasteiger partial charge in [-0.3, -0.25) is 0 Å². The van der Waals surface area contributed by atoms with Gasteiger partial charge in [0, 0.05) is 24.0 Å². The zero-order valence-electron chi connectivity index (χ0n) is 10.7. The third-order valence-corrected chi connectivity index (χ3v) is 3.94. The predicted octanol–water partition coefficient (Wildman–Crippen LogP) is 2.15. The third kappa shape index (κ3) is 3.39. The van der Waals surface area contributed by atoms with Crippen LogP contribution >= 0.6 is 11.3 Å². The molecule has 0 unspecified atom stereocenters. The van der Waals surface area contributed by atoms with Gasteiger partial charge >= 0.3 is 0 Å². The van der Waals surface area contributed by atoms with Gasteiger partial charge in [-0.2, -0.15) is 0 Å². The van der Waals surface area contributed by atoms with Crippen molar-refractivity contribution in [1.82, 2.24) is 15.4 Å². The highest BCUT2D eigenvalue weighted by Gasteiger charge is 2.10. The Labute approximate surface area is 117 Å². The van der Waals surface area contributed by atoms with E-state index >= 15 is 0 Å². The highest BCUT2D eigenvalue weighted by molar-refractivity contribution is 7.09. The zero-order valence-corrected chi connectivity index (χ0v) is 11.5. The minimum atomic E-state index is 0.789. The van der Waals surface area contributed by atoms with Gasteiger partial charge in [0.2, 0.25) is 0 Å². The number of thiazole rings is 1. The molecule has 1 aromatic heterocycles. The Hall–Kier alpha value is -1.27. The van der Waals surface area contributed by atoms with Crippen LogP contribution in [0.5, 0.6) is 0 Å². The van der Waals surface area contributed by atoms with E-state index in [9.17, 15) is 0 Å². The Bertz CT molecular complexity index is 508. The van der Waals surface area contributed by atoms with Crippen LogP contribution in [0.15, 0.2) is 35.7 Å². The molecule has 19 heavy (non-hydrogen) atoms. The molecule has 1 aromatic carbocycles. The number of benzene rings is 1. The van der Waals surface area contributed by atoms with Gasteiger partial charge in [-0.25, -0.2) is 15.4 Å². The third-order valence-electron chi connectivity index (χ3n) is 3.09. The Balaban J connectivity index is 1.59. The fourth-order valence-corrected chi connectivity index (χ4v) is 2.77. The molecule has 0 spiro atoms. The first-order valence-electron chi connectivity index (χ1n) is 6.48. The molecule has 2 heterocycles. The summed E-state index contributed by atoms with van der Waals surface area (Å²) in [6, 6.07) is 10.3. The monoisotopic (exact) mass is 275 g/mol. The molecule has 0 aliphatic carbocycles. The Morgan fingerprint density at radius 1 is 1.21 bits per heavy atom. The van der Waals surface area contributed by atoms with E-state index < -0.39 is 0 Å². The van der Waals surface area contributed by atoms with Gasteiger partial charge in [-0.1, -0.05) is 30.3 Å². The van der Waals surface area contributed by atoms with Crippen LogP contribution in [0.3, 0.4) is 0 Å². The number of hydrazine groups is 1. The molecule has 0 atom stereocenters. The molecule has 4 nitrogen and oxygen atoms in total. The average Bonchev–Trinajstić information content (AvgIpc) is 2.96. The summed E-state index contributed by atoms with van der Waals surface area (Å²) in [5.74, 6) is 0. The summed E-state index contributed by atoms with van der Waals surface area (Å²) in [7, 11) is 0. The van der Waals surface area contributed by atoms with Gasteiger partial charge in [-0.15, -0.1) is 11.3 Å². The smallest absolute Gasteiger partial charge is 0.109 e. The fraction of sp³-hybridized carbons (Fsp3) is 0.357. The number of ether oxygens (including phenoxy) is 1. The van der Waals surface area contributed by atoms with Crippen LogP contribution in [0, 0.1) is 0 Å². The van der Waals surface area contributed by atoms with E-state index in [1.165, 1.54) is 5.56 Å². The number of hydrogen-bond donors (Lipinski definition) is 1. The van der Waals surface area contributed by atoms with E-state index in [4.69, 9.17) is 4.74 Å². The number of hydrogen-bond acceptors (Lipinski definition) is 5. The Kier molecular flexibility index (Phi) is 4.20. The SMILES string of the molecule is c1ccc(-c2csc(CNN3CCOCC3)n2)cc1. The van der Waals surface area contributed by atoms with Crippen LogP contribution in [-0.4, -0.2) is 36.3 Å². The maximum absolute atomic E-state index is 5.32. The molecular weight excluding hydrogens is 258 g/mol. The van der Waals surface area contributed by atoms with Gasteiger partial charge in [0.1, 0.15) is 5.01 Å². The molecule has 0 bridgehead atoms. The van der Waals surface area contributed by atoms with Gasteiger partial charge < -0.3 is 4.74 Å². The zero-order chi connectivity index (χ0) is 12.9. The molecule has 1 N–H and O–H groups in total. The molecule has 0 radical (unpaired) electrons. The van der Waals surface area contributed by atoms with Gasteiger partial charge in [0.15, 0.2) is 0 Å². The lowest BCUT2D eigenvalue weighted by Crippen LogP contribution is -2.45. The van der Waals surface area contributed by atoms with E-state index in [1.54, 1.807) is 11.3 Å². The van der Waals surface area contributed by atoms with Crippen LogP contribution in [0.1, 0.15) is 5.01 Å². The van der Waals surface area contributed by atoms with Crippen molar-refractivity contribution >= 4 is 11.3 Å². The highest BCUT2D eigenvalue weighted by Crippen LogP contribution is 2.21. The summed E-state index contributed by atoms with van der Waals surface area (Å²) in [5, 5.41) is 5.43. The number of morpholine rings is 1. The second-order valence-electron chi connectivity index (χ2n) is 4.43. The maximum atomic E-state index is 5.32. The first kappa shape index (κ1) is 12.7. The number of aromatic nitrogens is 1. The molecule has 0 saturated carbocycles. The number of nitrogens with zero attached hydrogens (tertiary/aromatic N) is 2. The summed E-state index contributed by atoms with van der Waals surface area (Å²) >= 11 is 1.70. The van der Waals surface area contributed by atoms with E-state index in [1.807, 2.05) is 18.2 Å². The van der Waals surface area contributed by atoms with Crippen molar-refractivity contribution in [3.63, 3.8) is 0 Å². The summed E-state index contributed by atoms with van der Waals surface area (Å²) in [6.07, 6.45) is 0. The van der Waals surface area contributed by atoms with Crippen molar-refractivity contribution < 1.29 is 4.74 Å². The lowest BCUT2D eigenvalue weighted by atomic mass is 10.2. The van der Waals surface area contributed by atoms with Crippen molar-refractivity contribution in [1.29, 1.82) is 0 Å². The second-order valence-corrected chi connectivity index (χ2v) is 5.37. The second kappa shape index (κ2) is 6.25. The normalized spacial score (nSPS) is 16.6. The molecule has 1 fully saturated rings. The van der Waals surface area contributed by atoms with Gasteiger partial charge in [0.05, 0.1) is 25.5 Å². The molecular formula is C14H17N3OS. The number of nitrogens with one attached hydrogen (secondary N) is 1. The predicted molar refractivity (Wildman–Crippen MR) is 76.8 cm³/mol. The lowest BCUT2D eigenvalue weighted by molar-refractivity contribution is 0.0105. The standard InChI is InChI=1S/C14H17N3OS/c1-2-4-12(5-3-1)13-11-19-14(16-13)10-15-17-6-8-18-9-7-17/h1-5,11,15H,6-10H2. The van der Waals surface area contributed by atoms with E-state index in [-0.39, 0.29) is 0 Å². The van der Waals surface area contributed by atoms with Crippen LogP contribution in [0.2, 0.25) is 0 Å². The quantitative estimate of drug-likeness (QED) is 0.927. The Morgan fingerprint density at radius 2 is 2.00 bits per heavy atom. The molecule has 0 amide bonds. The van der Waals surface area contributed by atoms with Crippen LogP contribution in [0.25, 0.3) is 11.3 Å². The minimum Gasteiger partial charge on any atom is -0.379 e. The molecule has 1 saturated heterocycles. The van der Waals surface area contributed by atoms with Crippen LogP contribution in [0.4, 0.5) is 0 Å². The van der Waals surface area contributed by atoms with Crippen molar-refractivity contribution in [2.75, 3.05) is 26.3 Å². The van der Waals surface area contributed by atoms with Crippen molar-refractivity contribution in [3.8, 4) is 11.3 Å². The van der Waals surface area contributed by atoms with E-state index in [2.05, 4.69) is 32.9 Å². The maximum Gasteiger partial charge on any atom is 0.109 e. The molecule has 3 rings (SSSR count). The molecule has 100 valence electrons. The molecule has 2 aromatic rings. The van der Waals surface area contributed by atoms with Crippen molar-refractivity contribution in [2.24, 2.45) is 0 Å². The highest BCUT2D eigenvalue weighted by atomic mass is 32.1. The molecule has 5 heteroatoms. The minimum absolute atomic E-state index is 0.789. The summed E-state index contributed by atoms with van der Waals surface area (Å²) < 4.78 is 5.32. The van der Waals surface area contributed by atoms with Crippen LogP contribution in [-0.2, 0) is 11.3 Å². The first-order valence-corrected chi connectivity index (χ1v) is 7.36. The molecule has 1 aliphatic rings. The average molecular weight is 275 g/mol. The van der Waals surface area contributed by atoms with E-state index in [0.29, 0.717) is 0 Å². The van der Waals surface area contributed by atoms with E-state index in [0.717, 1.165) is 43.5 Å². The Morgan fingerprint density at radius 3 is 2.79 bits per heavy atom. The summed E-state index contributed by atoms with van der Waals surface area (Å²) in [4.78, 5) is 4.66. The van der Waals surface area contributed by atoms with Crippen LogP contribution < -0.4 is 5.43 Å². The van der Waals surface area contributed by atoms with Crippen molar-refractivity contribution in [2.45, 2.75) is 6.54 Å². The fourth-order valence-electron chi connectivity index (χ4n) is 2.03. The molecule has 1 aliphatic heterocycles. The van der Waals surface area contributed by atoms with Crippen molar-refractivity contribution in [3.05, 3.63) is 40.7 Å². The summed E-state index contributed by atoms with van der Waals surface area (Å²) in [6.45, 7) is 4.28.